The van der Waals surface area contributed by atoms with Gasteiger partial charge in [0.1, 0.15) is 17.3 Å². The summed E-state index contributed by atoms with van der Waals surface area (Å²) < 4.78 is 19.1. The van der Waals surface area contributed by atoms with Crippen LogP contribution < -0.4 is 10.1 Å². The van der Waals surface area contributed by atoms with Crippen molar-refractivity contribution in [2.24, 2.45) is 0 Å². The van der Waals surface area contributed by atoms with E-state index in [-0.39, 0.29) is 11.5 Å². The highest BCUT2D eigenvalue weighted by molar-refractivity contribution is 6.04. The quantitative estimate of drug-likeness (QED) is 0.614. The summed E-state index contributed by atoms with van der Waals surface area (Å²) in [6.07, 6.45) is 0. The van der Waals surface area contributed by atoms with E-state index in [0.29, 0.717) is 17.4 Å². The first-order chi connectivity index (χ1) is 12.5. The molecule has 3 nitrogen and oxygen atoms in total. The molecular formula is C22H20FNO2. The van der Waals surface area contributed by atoms with Gasteiger partial charge in [-0.3, -0.25) is 4.79 Å². The van der Waals surface area contributed by atoms with Crippen LogP contribution in [0.5, 0.6) is 11.5 Å². The Bertz CT molecular complexity index is 904. The first-order valence-corrected chi connectivity index (χ1v) is 8.46. The van der Waals surface area contributed by atoms with Crippen LogP contribution in [0.1, 0.15) is 35.7 Å². The van der Waals surface area contributed by atoms with Gasteiger partial charge in [0.2, 0.25) is 0 Å². The first-order valence-electron chi connectivity index (χ1n) is 8.46. The van der Waals surface area contributed by atoms with Crippen molar-refractivity contribution in [2.75, 3.05) is 5.32 Å². The lowest BCUT2D eigenvalue weighted by molar-refractivity contribution is 0.102. The van der Waals surface area contributed by atoms with Crippen LogP contribution in [-0.2, 0) is 0 Å². The Labute approximate surface area is 152 Å². The molecule has 0 aliphatic rings. The maximum Gasteiger partial charge on any atom is 0.255 e. The highest BCUT2D eigenvalue weighted by atomic mass is 19.1. The van der Waals surface area contributed by atoms with Gasteiger partial charge in [-0.25, -0.2) is 4.39 Å². The molecule has 3 aromatic rings. The van der Waals surface area contributed by atoms with Gasteiger partial charge in [-0.2, -0.15) is 0 Å². The molecule has 4 heteroatoms. The largest absolute Gasteiger partial charge is 0.457 e. The van der Waals surface area contributed by atoms with E-state index >= 15 is 0 Å². The first kappa shape index (κ1) is 17.7. The monoisotopic (exact) mass is 349 g/mol. The summed E-state index contributed by atoms with van der Waals surface area (Å²) in [7, 11) is 0. The lowest BCUT2D eigenvalue weighted by atomic mass is 10.0. The van der Waals surface area contributed by atoms with Crippen molar-refractivity contribution >= 4 is 11.6 Å². The summed E-state index contributed by atoms with van der Waals surface area (Å²) in [6, 6.07) is 20.6. The SMILES string of the molecule is CC(C)c1ccc(Oc2cccc(NC(=O)c3cccc(F)c3)c2)cc1. The molecule has 0 radical (unpaired) electrons. The average molecular weight is 349 g/mol. The van der Waals surface area contributed by atoms with Gasteiger partial charge >= 0.3 is 0 Å². The molecule has 3 rings (SSSR count). The summed E-state index contributed by atoms with van der Waals surface area (Å²) in [6.45, 7) is 4.28. The van der Waals surface area contributed by atoms with Crippen molar-refractivity contribution in [3.05, 3.63) is 89.7 Å². The summed E-state index contributed by atoms with van der Waals surface area (Å²) in [5, 5.41) is 2.75. The normalized spacial score (nSPS) is 10.6. The number of anilines is 1. The summed E-state index contributed by atoms with van der Waals surface area (Å²) in [4.78, 5) is 12.2. The molecule has 26 heavy (non-hydrogen) atoms. The van der Waals surface area contributed by atoms with Crippen LogP contribution in [0.3, 0.4) is 0 Å². The van der Waals surface area contributed by atoms with Crippen molar-refractivity contribution in [3.63, 3.8) is 0 Å². The fourth-order valence-corrected chi connectivity index (χ4v) is 2.53. The van der Waals surface area contributed by atoms with Crippen molar-refractivity contribution in [2.45, 2.75) is 19.8 Å². The molecule has 1 amide bonds. The molecule has 0 heterocycles. The second kappa shape index (κ2) is 7.83. The third-order valence-corrected chi connectivity index (χ3v) is 3.96. The molecule has 0 saturated heterocycles. The van der Waals surface area contributed by atoms with E-state index in [4.69, 9.17) is 4.74 Å². The van der Waals surface area contributed by atoms with Crippen molar-refractivity contribution in [3.8, 4) is 11.5 Å². The highest BCUT2D eigenvalue weighted by Gasteiger charge is 2.08. The van der Waals surface area contributed by atoms with Crippen LogP contribution in [0, 0.1) is 5.82 Å². The van der Waals surface area contributed by atoms with E-state index in [1.165, 1.54) is 23.8 Å². The predicted molar refractivity (Wildman–Crippen MR) is 101 cm³/mol. The number of carbonyl (C=O) groups excluding carboxylic acids is 1. The molecule has 0 aliphatic heterocycles. The van der Waals surface area contributed by atoms with Crippen LogP contribution in [-0.4, -0.2) is 5.91 Å². The molecule has 0 atom stereocenters. The number of ether oxygens (including phenoxy) is 1. The van der Waals surface area contributed by atoms with Gasteiger partial charge in [0.15, 0.2) is 0 Å². The van der Waals surface area contributed by atoms with Gasteiger partial charge in [0.25, 0.3) is 5.91 Å². The topological polar surface area (TPSA) is 38.3 Å². The zero-order valence-corrected chi connectivity index (χ0v) is 14.7. The third-order valence-electron chi connectivity index (χ3n) is 3.96. The van der Waals surface area contributed by atoms with Crippen molar-refractivity contribution in [1.29, 1.82) is 0 Å². The second-order valence-electron chi connectivity index (χ2n) is 6.32. The fraction of sp³-hybridized carbons (Fsp3) is 0.136. The zero-order valence-electron chi connectivity index (χ0n) is 14.7. The lowest BCUT2D eigenvalue weighted by Crippen LogP contribution is -2.11. The summed E-state index contributed by atoms with van der Waals surface area (Å²) >= 11 is 0. The van der Waals surface area contributed by atoms with E-state index in [2.05, 4.69) is 19.2 Å². The Kier molecular flexibility index (Phi) is 5.32. The minimum atomic E-state index is -0.445. The number of hydrogen-bond acceptors (Lipinski definition) is 2. The molecule has 0 unspecified atom stereocenters. The Morgan fingerprint density at radius 3 is 2.35 bits per heavy atom. The van der Waals surface area contributed by atoms with Gasteiger partial charge in [0, 0.05) is 17.3 Å². The Hall–Kier alpha value is -3.14. The van der Waals surface area contributed by atoms with E-state index in [0.717, 1.165) is 5.75 Å². The molecule has 0 saturated carbocycles. The maximum absolute atomic E-state index is 13.3. The van der Waals surface area contributed by atoms with Gasteiger partial charge in [-0.1, -0.05) is 38.1 Å². The van der Waals surface area contributed by atoms with Gasteiger partial charge < -0.3 is 10.1 Å². The van der Waals surface area contributed by atoms with Gasteiger partial charge in [-0.05, 0) is 53.9 Å². The molecule has 0 fully saturated rings. The van der Waals surface area contributed by atoms with Crippen molar-refractivity contribution < 1.29 is 13.9 Å². The maximum atomic E-state index is 13.3. The summed E-state index contributed by atoms with van der Waals surface area (Å²) in [5.41, 5.74) is 2.09. The van der Waals surface area contributed by atoms with Crippen LogP contribution in [0.25, 0.3) is 0 Å². The third kappa shape index (κ3) is 4.48. The standard InChI is InChI=1S/C22H20FNO2/c1-15(2)16-9-11-20(12-10-16)26-21-8-4-7-19(14-21)24-22(25)17-5-3-6-18(23)13-17/h3-15H,1-2H3,(H,24,25). The minimum Gasteiger partial charge on any atom is -0.457 e. The number of nitrogens with one attached hydrogen (secondary N) is 1. The number of carbonyl (C=O) groups is 1. The molecule has 0 spiro atoms. The fourth-order valence-electron chi connectivity index (χ4n) is 2.53. The van der Waals surface area contributed by atoms with E-state index in [1.54, 1.807) is 24.3 Å². The molecule has 0 bridgehead atoms. The molecule has 1 N–H and O–H groups in total. The van der Waals surface area contributed by atoms with Crippen LogP contribution in [0.4, 0.5) is 10.1 Å². The van der Waals surface area contributed by atoms with Crippen molar-refractivity contribution in [1.82, 2.24) is 0 Å². The zero-order chi connectivity index (χ0) is 18.5. The average Bonchev–Trinajstić information content (AvgIpc) is 2.62. The van der Waals surface area contributed by atoms with E-state index < -0.39 is 5.82 Å². The minimum absolute atomic E-state index is 0.264. The van der Waals surface area contributed by atoms with Crippen LogP contribution in [0.15, 0.2) is 72.8 Å². The van der Waals surface area contributed by atoms with Gasteiger partial charge in [-0.15, -0.1) is 0 Å². The van der Waals surface area contributed by atoms with E-state index in [9.17, 15) is 9.18 Å². The summed E-state index contributed by atoms with van der Waals surface area (Å²) in [5.74, 6) is 0.982. The Balaban J connectivity index is 1.70. The number of benzene rings is 3. The smallest absolute Gasteiger partial charge is 0.255 e. The highest BCUT2D eigenvalue weighted by Crippen LogP contribution is 2.26. The number of amides is 1. The number of hydrogen-bond donors (Lipinski definition) is 1. The molecule has 132 valence electrons. The number of halogens is 1. The molecule has 0 aliphatic carbocycles. The number of rotatable bonds is 5. The Morgan fingerprint density at radius 2 is 1.65 bits per heavy atom. The van der Waals surface area contributed by atoms with Gasteiger partial charge in [0.05, 0.1) is 0 Å². The molecule has 0 aromatic heterocycles. The molecular weight excluding hydrogens is 329 g/mol. The van der Waals surface area contributed by atoms with Crippen LogP contribution in [0.2, 0.25) is 0 Å². The van der Waals surface area contributed by atoms with Crippen LogP contribution >= 0.6 is 0 Å². The van der Waals surface area contributed by atoms with E-state index in [1.807, 2.05) is 30.3 Å². The lowest BCUT2D eigenvalue weighted by Gasteiger charge is -2.10. The second-order valence-corrected chi connectivity index (χ2v) is 6.32. The molecule has 3 aromatic carbocycles. The Morgan fingerprint density at radius 1 is 0.923 bits per heavy atom. The predicted octanol–water partition coefficient (Wildman–Crippen LogP) is 5.99.